The SMILES string of the molecule is c1ccc(-c2ccc(CC3(Cc4ccc(-c5cccc6ccccc56)cc4)c4c(ccc5ccccc45)Sc4ccc5ccccc5c43)cc2)cc1. The van der Waals surface area contributed by atoms with Crippen LogP contribution in [0.2, 0.25) is 0 Å². The summed E-state index contributed by atoms with van der Waals surface area (Å²) in [4.78, 5) is 2.71. The van der Waals surface area contributed by atoms with Gasteiger partial charge in [-0.3, -0.25) is 0 Å². The molecule has 1 heteroatoms. The maximum atomic E-state index is 2.38. The van der Waals surface area contributed by atoms with Crippen molar-refractivity contribution in [2.24, 2.45) is 0 Å². The molecular formula is C51H36S. The van der Waals surface area contributed by atoms with Gasteiger partial charge in [-0.15, -0.1) is 0 Å². The minimum Gasteiger partial charge on any atom is -0.0894 e. The molecule has 0 saturated carbocycles. The number of benzene rings is 9. The lowest BCUT2D eigenvalue weighted by Gasteiger charge is -2.43. The molecule has 0 bridgehead atoms. The van der Waals surface area contributed by atoms with E-state index >= 15 is 0 Å². The van der Waals surface area contributed by atoms with Crippen LogP contribution in [0.15, 0.2) is 204 Å². The molecule has 0 spiro atoms. The molecule has 0 amide bonds. The van der Waals surface area contributed by atoms with Crippen molar-refractivity contribution in [1.82, 2.24) is 0 Å². The molecule has 10 rings (SSSR count). The first kappa shape index (κ1) is 30.9. The number of rotatable bonds is 6. The van der Waals surface area contributed by atoms with Gasteiger partial charge in [-0.1, -0.05) is 194 Å². The summed E-state index contributed by atoms with van der Waals surface area (Å²) in [6.45, 7) is 0. The zero-order chi connectivity index (χ0) is 34.5. The first-order valence-corrected chi connectivity index (χ1v) is 19.0. The van der Waals surface area contributed by atoms with Crippen LogP contribution >= 0.6 is 11.8 Å². The Morgan fingerprint density at radius 1 is 0.327 bits per heavy atom. The Hall–Kier alpha value is -5.89. The summed E-state index contributed by atoms with van der Waals surface area (Å²) < 4.78 is 0. The van der Waals surface area contributed by atoms with Crippen LogP contribution in [0.25, 0.3) is 54.6 Å². The van der Waals surface area contributed by atoms with Crippen LogP contribution in [0.3, 0.4) is 0 Å². The van der Waals surface area contributed by atoms with E-state index in [1.165, 1.54) is 86.6 Å². The molecule has 9 aromatic carbocycles. The lowest BCUT2D eigenvalue weighted by atomic mass is 9.64. The molecule has 0 nitrogen and oxygen atoms in total. The molecule has 0 radical (unpaired) electrons. The van der Waals surface area contributed by atoms with Crippen molar-refractivity contribution in [2.45, 2.75) is 28.0 Å². The second-order valence-electron chi connectivity index (χ2n) is 14.1. The maximum Gasteiger partial charge on any atom is 0.0318 e. The van der Waals surface area contributed by atoms with Crippen LogP contribution in [0.5, 0.6) is 0 Å². The summed E-state index contributed by atoms with van der Waals surface area (Å²) in [5.41, 5.74) is 10.3. The van der Waals surface area contributed by atoms with Crippen molar-refractivity contribution in [3.8, 4) is 22.3 Å². The Kier molecular flexibility index (Phi) is 7.55. The van der Waals surface area contributed by atoms with Gasteiger partial charge in [0.15, 0.2) is 0 Å². The Balaban J connectivity index is 1.19. The van der Waals surface area contributed by atoms with Crippen molar-refractivity contribution in [2.75, 3.05) is 0 Å². The van der Waals surface area contributed by atoms with E-state index in [2.05, 4.69) is 194 Å². The van der Waals surface area contributed by atoms with Crippen LogP contribution < -0.4 is 0 Å². The fourth-order valence-electron chi connectivity index (χ4n) is 8.74. The molecule has 0 aliphatic carbocycles. The predicted molar refractivity (Wildman–Crippen MR) is 221 cm³/mol. The normalized spacial score (nSPS) is 13.2. The van der Waals surface area contributed by atoms with Crippen molar-refractivity contribution in [3.63, 3.8) is 0 Å². The van der Waals surface area contributed by atoms with E-state index in [1.807, 2.05) is 11.8 Å². The lowest BCUT2D eigenvalue weighted by molar-refractivity contribution is 0.494. The molecule has 1 aliphatic heterocycles. The van der Waals surface area contributed by atoms with Gasteiger partial charge in [0.25, 0.3) is 0 Å². The third-order valence-electron chi connectivity index (χ3n) is 11.1. The second kappa shape index (κ2) is 12.7. The van der Waals surface area contributed by atoms with Gasteiger partial charge in [0.2, 0.25) is 0 Å². The van der Waals surface area contributed by atoms with Crippen LogP contribution in [-0.2, 0) is 18.3 Å². The lowest BCUT2D eigenvalue weighted by Crippen LogP contribution is -2.36. The van der Waals surface area contributed by atoms with Gasteiger partial charge in [-0.2, -0.15) is 0 Å². The van der Waals surface area contributed by atoms with Gasteiger partial charge in [0.05, 0.1) is 0 Å². The van der Waals surface area contributed by atoms with E-state index in [0.29, 0.717) is 0 Å². The average molecular weight is 681 g/mol. The fourth-order valence-corrected chi connectivity index (χ4v) is 10.1. The van der Waals surface area contributed by atoms with Gasteiger partial charge in [-0.25, -0.2) is 0 Å². The molecule has 52 heavy (non-hydrogen) atoms. The molecule has 9 aromatic rings. The van der Waals surface area contributed by atoms with E-state index in [9.17, 15) is 0 Å². The molecular weight excluding hydrogens is 645 g/mol. The highest BCUT2D eigenvalue weighted by Gasteiger charge is 2.43. The summed E-state index contributed by atoms with van der Waals surface area (Å²) in [6.07, 6.45) is 1.77. The van der Waals surface area contributed by atoms with E-state index in [1.54, 1.807) is 0 Å². The maximum absolute atomic E-state index is 2.38. The van der Waals surface area contributed by atoms with E-state index < -0.39 is 0 Å². The standard InChI is InChI=1S/C51H36S/c1-2-11-37(12-3-1)38-25-21-35(22-26-38)33-51(34-36-23-27-42(28-24-36)44-20-10-16-39-13-4-7-17-43(39)44)49-45-18-8-5-14-40(45)29-31-47(49)52-48-32-30-41-15-6-9-19-46(41)50(48)51/h1-32H,33-34H2. The molecule has 1 heterocycles. The molecule has 0 unspecified atom stereocenters. The van der Waals surface area contributed by atoms with E-state index in [0.717, 1.165) is 12.8 Å². The van der Waals surface area contributed by atoms with Gasteiger partial charge in [-0.05, 0) is 102 Å². The van der Waals surface area contributed by atoms with Crippen LogP contribution in [0, 0.1) is 0 Å². The largest absolute Gasteiger partial charge is 0.0894 e. The van der Waals surface area contributed by atoms with Crippen molar-refractivity contribution in [3.05, 3.63) is 216 Å². The first-order chi connectivity index (χ1) is 25.7. The minimum absolute atomic E-state index is 0.327. The van der Waals surface area contributed by atoms with Crippen molar-refractivity contribution >= 4 is 44.1 Å². The molecule has 0 N–H and O–H groups in total. The Morgan fingerprint density at radius 2 is 0.769 bits per heavy atom. The summed E-state index contributed by atoms with van der Waals surface area (Å²) in [5.74, 6) is 0. The topological polar surface area (TPSA) is 0 Å². The third kappa shape index (κ3) is 5.24. The molecule has 1 aliphatic rings. The average Bonchev–Trinajstić information content (AvgIpc) is 3.21. The van der Waals surface area contributed by atoms with E-state index in [4.69, 9.17) is 0 Å². The summed E-state index contributed by atoms with van der Waals surface area (Å²) in [6, 6.07) is 72.2. The van der Waals surface area contributed by atoms with Gasteiger partial charge in [0.1, 0.15) is 0 Å². The third-order valence-corrected chi connectivity index (χ3v) is 12.2. The highest BCUT2D eigenvalue weighted by molar-refractivity contribution is 7.99. The second-order valence-corrected chi connectivity index (χ2v) is 15.2. The number of hydrogen-bond acceptors (Lipinski definition) is 1. The molecule has 0 aromatic heterocycles. The molecule has 0 atom stereocenters. The molecule has 246 valence electrons. The van der Waals surface area contributed by atoms with Gasteiger partial charge >= 0.3 is 0 Å². The van der Waals surface area contributed by atoms with Gasteiger partial charge < -0.3 is 0 Å². The van der Waals surface area contributed by atoms with Crippen LogP contribution in [0.1, 0.15) is 22.3 Å². The van der Waals surface area contributed by atoms with E-state index in [-0.39, 0.29) is 5.41 Å². The van der Waals surface area contributed by atoms with Crippen molar-refractivity contribution < 1.29 is 0 Å². The summed E-state index contributed by atoms with van der Waals surface area (Å²) in [5, 5.41) is 7.84. The zero-order valence-electron chi connectivity index (χ0n) is 28.8. The van der Waals surface area contributed by atoms with Gasteiger partial charge in [0, 0.05) is 15.2 Å². The van der Waals surface area contributed by atoms with Crippen LogP contribution in [0.4, 0.5) is 0 Å². The number of hydrogen-bond donors (Lipinski definition) is 0. The number of fused-ring (bicyclic) bond motifs is 7. The Labute approximate surface area is 309 Å². The quantitative estimate of drug-likeness (QED) is 0.168. The van der Waals surface area contributed by atoms with Crippen molar-refractivity contribution in [1.29, 1.82) is 0 Å². The highest BCUT2D eigenvalue weighted by Crippen LogP contribution is 2.56. The minimum atomic E-state index is -0.327. The molecule has 0 fully saturated rings. The summed E-state index contributed by atoms with van der Waals surface area (Å²) in [7, 11) is 0. The Bertz CT molecular complexity index is 2650. The smallest absolute Gasteiger partial charge is 0.0318 e. The predicted octanol–water partition coefficient (Wildman–Crippen LogP) is 13.7. The van der Waals surface area contributed by atoms with Crippen LogP contribution in [-0.4, -0.2) is 0 Å². The Morgan fingerprint density at radius 3 is 1.35 bits per heavy atom. The molecule has 0 saturated heterocycles. The zero-order valence-corrected chi connectivity index (χ0v) is 29.6. The monoisotopic (exact) mass is 680 g/mol. The fraction of sp³-hybridized carbons (Fsp3) is 0.0588. The highest BCUT2D eigenvalue weighted by atomic mass is 32.2. The summed E-state index contributed by atoms with van der Waals surface area (Å²) >= 11 is 1.94. The first-order valence-electron chi connectivity index (χ1n) is 18.2.